The van der Waals surface area contributed by atoms with Gasteiger partial charge >= 0.3 is 5.97 Å². The van der Waals surface area contributed by atoms with E-state index in [1.165, 1.54) is 19.6 Å². The molecule has 5 heterocycles. The van der Waals surface area contributed by atoms with E-state index in [-0.39, 0.29) is 53.5 Å². The number of anilines is 1. The Bertz CT molecular complexity index is 1830. The zero-order valence-corrected chi connectivity index (χ0v) is 26.3. The number of ketones is 1. The summed E-state index contributed by atoms with van der Waals surface area (Å²) in [4.78, 5) is 49.8. The molecule has 47 heavy (non-hydrogen) atoms. The van der Waals surface area contributed by atoms with Crippen LogP contribution < -0.4 is 10.1 Å². The standard InChI is InChI=1S/C35H36N4O8/c1-18(2)30(41)27(40)15-20(13-19-10-11-28-22(14-19)29-21-7-4-5-8-23(21)36-33(29)47-28)34(42)39-12-6-9-26(39)32-37-24(16-46-32)31-38-25(17-45-31)35(43)44-3/h4-5,7-8,10-11,14,16-18,20,26,29-30,33,36,41H,6,9,12-13,15H2,1-3H3/t20-,26+,29+,30+,33?/m1/s1. The Labute approximate surface area is 271 Å². The summed E-state index contributed by atoms with van der Waals surface area (Å²) >= 11 is 0. The predicted octanol–water partition coefficient (Wildman–Crippen LogP) is 4.89. The third kappa shape index (κ3) is 5.67. The lowest BCUT2D eigenvalue weighted by molar-refractivity contribution is -0.141. The van der Waals surface area contributed by atoms with Gasteiger partial charge in [0, 0.05) is 30.1 Å². The van der Waals surface area contributed by atoms with Crippen LogP contribution in [0.1, 0.15) is 78.1 Å². The van der Waals surface area contributed by atoms with Crippen LogP contribution in [0.2, 0.25) is 0 Å². The number of aliphatic hydroxyl groups is 1. The van der Waals surface area contributed by atoms with Gasteiger partial charge in [-0.3, -0.25) is 9.59 Å². The second kappa shape index (κ2) is 12.3. The minimum atomic E-state index is -1.17. The zero-order chi connectivity index (χ0) is 32.8. The van der Waals surface area contributed by atoms with Crippen LogP contribution in [0.4, 0.5) is 5.69 Å². The average molecular weight is 641 g/mol. The Kier molecular flexibility index (Phi) is 8.04. The van der Waals surface area contributed by atoms with E-state index >= 15 is 0 Å². The van der Waals surface area contributed by atoms with Crippen LogP contribution in [0.3, 0.4) is 0 Å². The normalized spacial score (nSPS) is 20.6. The van der Waals surface area contributed by atoms with Gasteiger partial charge in [-0.25, -0.2) is 14.8 Å². The number of carbonyl (C=O) groups excluding carboxylic acids is 3. The Morgan fingerprint density at radius 3 is 2.72 bits per heavy atom. The summed E-state index contributed by atoms with van der Waals surface area (Å²) in [6.45, 7) is 4.03. The highest BCUT2D eigenvalue weighted by molar-refractivity contribution is 5.90. The minimum absolute atomic E-state index is 0.00264. The monoisotopic (exact) mass is 640 g/mol. The molecule has 5 atom stereocenters. The Hall–Kier alpha value is -4.97. The van der Waals surface area contributed by atoms with Crippen LogP contribution >= 0.6 is 0 Å². The number of aromatic nitrogens is 2. The molecule has 12 nitrogen and oxygen atoms in total. The van der Waals surface area contributed by atoms with E-state index in [2.05, 4.69) is 32.2 Å². The molecule has 0 radical (unpaired) electrons. The first-order valence-corrected chi connectivity index (χ1v) is 15.9. The first-order chi connectivity index (χ1) is 22.7. The van der Waals surface area contributed by atoms with Gasteiger partial charge in [-0.2, -0.15) is 0 Å². The fraction of sp³-hybridized carbons (Fsp3) is 0.400. The highest BCUT2D eigenvalue weighted by Crippen LogP contribution is 2.49. The number of para-hydroxylation sites is 1. The number of fused-ring (bicyclic) bond motifs is 5. The molecule has 2 aromatic heterocycles. The van der Waals surface area contributed by atoms with Crippen LogP contribution in [-0.4, -0.2) is 63.6 Å². The molecule has 1 fully saturated rings. The summed E-state index contributed by atoms with van der Waals surface area (Å²) < 4.78 is 22.1. The average Bonchev–Trinajstić information content (AvgIpc) is 3.90. The molecule has 12 heteroatoms. The second-order valence-corrected chi connectivity index (χ2v) is 12.7. The van der Waals surface area contributed by atoms with Crippen molar-refractivity contribution in [3.63, 3.8) is 0 Å². The fourth-order valence-corrected chi connectivity index (χ4v) is 6.86. The van der Waals surface area contributed by atoms with Gasteiger partial charge in [-0.1, -0.05) is 44.2 Å². The summed E-state index contributed by atoms with van der Waals surface area (Å²) in [7, 11) is 1.25. The SMILES string of the molecule is COC(=O)c1coc(-c2coc([C@@H]3CCCN3C(=O)[C@@H](CC(=O)[C@@H](O)C(C)C)Cc3ccc4c(c3)[C@@H]3c5ccccc5NC3O4)n2)n1. The van der Waals surface area contributed by atoms with Crippen molar-refractivity contribution in [3.05, 3.63) is 83.3 Å². The molecule has 3 aliphatic heterocycles. The van der Waals surface area contributed by atoms with Gasteiger partial charge in [-0.05, 0) is 48.4 Å². The van der Waals surface area contributed by atoms with E-state index in [0.717, 1.165) is 34.5 Å². The number of Topliss-reactive ketones (excluding diaryl/α,β-unsaturated/α-hetero) is 1. The number of amides is 1. The quantitative estimate of drug-likeness (QED) is 0.228. The number of methoxy groups -OCH3 is 1. The number of nitrogens with zero attached hydrogens (tertiary/aromatic N) is 3. The molecule has 0 saturated carbocycles. The number of carbonyl (C=O) groups is 3. The summed E-state index contributed by atoms with van der Waals surface area (Å²) in [5.74, 6) is -0.986. The van der Waals surface area contributed by atoms with Crippen molar-refractivity contribution >= 4 is 23.3 Å². The molecule has 3 aliphatic rings. The molecule has 1 unspecified atom stereocenters. The molecule has 244 valence electrons. The lowest BCUT2D eigenvalue weighted by Gasteiger charge is -2.28. The number of aliphatic hydroxyl groups excluding tert-OH is 1. The number of rotatable bonds is 10. The molecular weight excluding hydrogens is 604 g/mol. The smallest absolute Gasteiger partial charge is 0.360 e. The van der Waals surface area contributed by atoms with E-state index < -0.39 is 24.0 Å². The number of likely N-dealkylation sites (tertiary alicyclic amines) is 1. The maximum absolute atomic E-state index is 14.3. The van der Waals surface area contributed by atoms with Crippen LogP contribution in [0, 0.1) is 11.8 Å². The number of oxazole rings is 2. The van der Waals surface area contributed by atoms with Gasteiger partial charge in [0.1, 0.15) is 30.4 Å². The van der Waals surface area contributed by atoms with Crippen LogP contribution in [-0.2, 0) is 20.7 Å². The second-order valence-electron chi connectivity index (χ2n) is 12.7. The summed E-state index contributed by atoms with van der Waals surface area (Å²) in [6, 6.07) is 13.6. The number of benzene rings is 2. The van der Waals surface area contributed by atoms with Gasteiger partial charge in [0.25, 0.3) is 0 Å². The summed E-state index contributed by atoms with van der Waals surface area (Å²) in [5.41, 5.74) is 4.43. The number of hydrogen-bond donors (Lipinski definition) is 2. The maximum Gasteiger partial charge on any atom is 0.360 e. The largest absolute Gasteiger partial charge is 0.469 e. The molecule has 2 N–H and O–H groups in total. The van der Waals surface area contributed by atoms with Crippen molar-refractivity contribution < 1.29 is 37.8 Å². The summed E-state index contributed by atoms with van der Waals surface area (Å²) in [5, 5.41) is 14.1. The fourth-order valence-electron chi connectivity index (χ4n) is 6.86. The van der Waals surface area contributed by atoms with Crippen LogP contribution in [0.5, 0.6) is 5.75 Å². The Morgan fingerprint density at radius 2 is 1.91 bits per heavy atom. The number of hydrogen-bond acceptors (Lipinski definition) is 11. The first kappa shape index (κ1) is 30.7. The van der Waals surface area contributed by atoms with Crippen molar-refractivity contribution in [1.29, 1.82) is 0 Å². The van der Waals surface area contributed by atoms with Crippen LogP contribution in [0.25, 0.3) is 11.6 Å². The van der Waals surface area contributed by atoms with Crippen molar-refractivity contribution in [3.8, 4) is 17.3 Å². The number of nitrogens with one attached hydrogen (secondary N) is 1. The number of esters is 1. The maximum atomic E-state index is 14.3. The van der Waals surface area contributed by atoms with Crippen molar-refractivity contribution in [2.75, 3.05) is 19.0 Å². The van der Waals surface area contributed by atoms with Gasteiger partial charge in [0.2, 0.25) is 17.7 Å². The molecule has 4 aromatic rings. The molecular formula is C35H36N4O8. The molecule has 1 saturated heterocycles. The van der Waals surface area contributed by atoms with Gasteiger partial charge in [0.15, 0.2) is 23.4 Å². The van der Waals surface area contributed by atoms with E-state index in [9.17, 15) is 19.5 Å². The molecule has 2 aromatic carbocycles. The molecule has 7 rings (SSSR count). The van der Waals surface area contributed by atoms with Gasteiger partial charge in [0.05, 0.1) is 13.0 Å². The lowest BCUT2D eigenvalue weighted by Crippen LogP contribution is -2.39. The summed E-state index contributed by atoms with van der Waals surface area (Å²) in [6.07, 6.45) is 2.74. The van der Waals surface area contributed by atoms with E-state index in [1.807, 2.05) is 30.3 Å². The molecule has 0 bridgehead atoms. The third-order valence-electron chi connectivity index (χ3n) is 9.26. The van der Waals surface area contributed by atoms with Crippen molar-refractivity contribution in [1.82, 2.24) is 14.9 Å². The third-order valence-corrected chi connectivity index (χ3v) is 9.26. The zero-order valence-electron chi connectivity index (χ0n) is 26.3. The molecule has 0 aliphatic carbocycles. The Morgan fingerprint density at radius 1 is 1.09 bits per heavy atom. The minimum Gasteiger partial charge on any atom is -0.469 e. The van der Waals surface area contributed by atoms with Crippen LogP contribution in [0.15, 0.2) is 63.8 Å². The van der Waals surface area contributed by atoms with Crippen molar-refractivity contribution in [2.24, 2.45) is 11.8 Å². The Balaban J connectivity index is 1.14. The highest BCUT2D eigenvalue weighted by atomic mass is 16.5. The molecule has 0 spiro atoms. The van der Waals surface area contributed by atoms with E-state index in [1.54, 1.807) is 18.7 Å². The molecule has 1 amide bonds. The lowest BCUT2D eigenvalue weighted by atomic mass is 9.87. The van der Waals surface area contributed by atoms with E-state index in [4.69, 9.17) is 13.6 Å². The first-order valence-electron chi connectivity index (χ1n) is 15.9. The topological polar surface area (TPSA) is 157 Å². The van der Waals surface area contributed by atoms with Gasteiger partial charge in [-0.15, -0.1) is 0 Å². The number of ether oxygens (including phenoxy) is 2. The highest BCUT2D eigenvalue weighted by Gasteiger charge is 2.42. The van der Waals surface area contributed by atoms with Gasteiger partial charge < -0.3 is 33.6 Å². The van der Waals surface area contributed by atoms with E-state index in [0.29, 0.717) is 25.3 Å². The van der Waals surface area contributed by atoms with Crippen molar-refractivity contribution in [2.45, 2.75) is 63.8 Å². The predicted molar refractivity (Wildman–Crippen MR) is 167 cm³/mol.